The molecule has 0 N–H and O–H groups in total. The fourth-order valence-electron chi connectivity index (χ4n) is 5.16. The van der Waals surface area contributed by atoms with Gasteiger partial charge in [0.2, 0.25) is 0 Å². The van der Waals surface area contributed by atoms with Crippen LogP contribution >= 0.6 is 8.07 Å². The number of fused-ring (bicyclic) bond motifs is 2. The van der Waals surface area contributed by atoms with E-state index in [1.807, 2.05) is 32.9 Å². The molecule has 0 atom stereocenters. The topological polar surface area (TPSA) is 3.24 Å². The quantitative estimate of drug-likeness (QED) is 0.272. The van der Waals surface area contributed by atoms with Crippen LogP contribution in [0.1, 0.15) is 50.4 Å². The summed E-state index contributed by atoms with van der Waals surface area (Å²) < 4.78 is 86.9. The van der Waals surface area contributed by atoms with Crippen molar-refractivity contribution < 1.29 is 26.3 Å². The first kappa shape index (κ1) is 24.7. The normalized spacial score (nSPS) is 18.1. The Kier molecular flexibility index (Phi) is 6.10. The molecule has 0 saturated carbocycles. The maximum absolute atomic E-state index is 14.2. The van der Waals surface area contributed by atoms with Crippen molar-refractivity contribution in [2.75, 3.05) is 14.1 Å². The molecule has 3 aromatic rings. The highest BCUT2D eigenvalue weighted by molar-refractivity contribution is 7.71. The van der Waals surface area contributed by atoms with Gasteiger partial charge in [-0.1, -0.05) is 42.0 Å². The molecule has 34 heavy (non-hydrogen) atoms. The molecule has 0 fully saturated rings. The molecule has 180 valence electrons. The molecule has 0 aromatic heterocycles. The van der Waals surface area contributed by atoms with Crippen LogP contribution in [0.3, 0.4) is 0 Å². The number of rotatable bonds is 2. The Morgan fingerprint density at radius 1 is 0.706 bits per heavy atom. The Morgan fingerprint density at radius 3 is 1.47 bits per heavy atom. The van der Waals surface area contributed by atoms with Crippen molar-refractivity contribution in [3.63, 3.8) is 0 Å². The average molecular weight is 495 g/mol. The Bertz CT molecular complexity index is 1170. The number of nitrogens with zero attached hydrogens (tertiary/aromatic N) is 1. The molecule has 3 aromatic carbocycles. The van der Waals surface area contributed by atoms with Crippen molar-refractivity contribution in [1.29, 1.82) is 0 Å². The first-order chi connectivity index (χ1) is 15.7. The van der Waals surface area contributed by atoms with Crippen molar-refractivity contribution in [3.8, 4) is 0 Å². The van der Waals surface area contributed by atoms with E-state index < -0.39 is 37.5 Å². The van der Waals surface area contributed by atoms with Crippen LogP contribution in [-0.4, -0.2) is 18.8 Å². The number of aryl methyl sites for hydroxylation is 3. The summed E-state index contributed by atoms with van der Waals surface area (Å²) in [7, 11) is 1.01. The lowest BCUT2D eigenvalue weighted by molar-refractivity contribution is -0.137. The third-order valence-electron chi connectivity index (χ3n) is 6.22. The predicted molar refractivity (Wildman–Crippen MR) is 124 cm³/mol. The van der Waals surface area contributed by atoms with Crippen LogP contribution in [0, 0.1) is 20.8 Å². The van der Waals surface area contributed by atoms with Gasteiger partial charge in [-0.2, -0.15) is 26.3 Å². The molecule has 1 aliphatic heterocycles. The lowest BCUT2D eigenvalue weighted by Gasteiger charge is -2.41. The molecule has 0 aliphatic carbocycles. The van der Waals surface area contributed by atoms with E-state index in [9.17, 15) is 26.3 Å². The number of alkyl halides is 6. The molecule has 0 amide bonds. The smallest absolute Gasteiger partial charge is 0.281 e. The molecule has 0 unspecified atom stereocenters. The van der Waals surface area contributed by atoms with Crippen molar-refractivity contribution in [2.24, 2.45) is 0 Å². The molecule has 0 spiro atoms. The van der Waals surface area contributed by atoms with E-state index in [1.54, 1.807) is 26.2 Å². The predicted octanol–water partition coefficient (Wildman–Crippen LogP) is 7.05. The minimum Gasteiger partial charge on any atom is -0.281 e. The van der Waals surface area contributed by atoms with Crippen molar-refractivity contribution in [1.82, 2.24) is 4.67 Å². The van der Waals surface area contributed by atoms with Gasteiger partial charge < -0.3 is 0 Å². The van der Waals surface area contributed by atoms with Gasteiger partial charge in [-0.25, -0.2) is 0 Å². The summed E-state index contributed by atoms with van der Waals surface area (Å²) >= 11 is 0. The maximum Gasteiger partial charge on any atom is 0.417 e. The van der Waals surface area contributed by atoms with Gasteiger partial charge in [0.1, 0.15) is 0 Å². The molecule has 0 bridgehead atoms. The highest BCUT2D eigenvalue weighted by atomic mass is 31.1. The molecular formula is C26H24F6NP. The fourth-order valence-corrected chi connectivity index (χ4v) is 7.93. The highest BCUT2D eigenvalue weighted by Gasteiger charge is 2.47. The second-order valence-electron chi connectivity index (χ2n) is 8.89. The zero-order chi connectivity index (χ0) is 25.2. The Balaban J connectivity index is 2.21. The fraction of sp³-hybridized carbons (Fsp3) is 0.308. The van der Waals surface area contributed by atoms with E-state index in [2.05, 4.69) is 0 Å². The molecule has 1 aliphatic rings. The van der Waals surface area contributed by atoms with Crippen LogP contribution < -0.4 is 10.6 Å². The van der Waals surface area contributed by atoms with E-state index in [0.717, 1.165) is 34.4 Å². The molecule has 0 saturated heterocycles. The van der Waals surface area contributed by atoms with Gasteiger partial charge in [-0.3, -0.25) is 4.67 Å². The van der Waals surface area contributed by atoms with Gasteiger partial charge in [-0.05, 0) is 74.8 Å². The summed E-state index contributed by atoms with van der Waals surface area (Å²) in [4.78, 5) is 0. The van der Waals surface area contributed by atoms with Crippen molar-refractivity contribution in [3.05, 3.63) is 93.0 Å². The molecule has 8 heteroatoms. The number of halogens is 6. The van der Waals surface area contributed by atoms with Crippen LogP contribution in [0.25, 0.3) is 0 Å². The maximum atomic E-state index is 14.2. The standard InChI is InChI=1S/C26H24F6NP/c1-14-12-15(2)21(16(3)13-14)22-17-8-6-10-19(25(27,28)29)23(17)34(33(4)5)24-18(22)9-7-11-20(24)26(30,31)32/h6-13,22H,1-5H3. The minimum absolute atomic E-state index is 0.0522. The Morgan fingerprint density at radius 2 is 1.12 bits per heavy atom. The van der Waals surface area contributed by atoms with Crippen LogP contribution in [0.2, 0.25) is 0 Å². The SMILES string of the molecule is Cc1cc(C)c(C2c3cccc(C(F)(F)F)c3P(N(C)C)c3c2cccc3C(F)(F)F)c(C)c1. The molecule has 1 nitrogen and oxygen atoms in total. The minimum atomic E-state index is -4.70. The summed E-state index contributed by atoms with van der Waals surface area (Å²) in [6, 6.07) is 11.8. The highest BCUT2D eigenvalue weighted by Crippen LogP contribution is 2.53. The second kappa shape index (κ2) is 8.39. The van der Waals surface area contributed by atoms with E-state index in [-0.39, 0.29) is 10.6 Å². The lowest BCUT2D eigenvalue weighted by Crippen LogP contribution is -2.40. The number of hydrogen-bond acceptors (Lipinski definition) is 1. The summed E-state index contributed by atoms with van der Waals surface area (Å²) in [5, 5.41) is -0.104. The number of benzene rings is 3. The first-order valence-electron chi connectivity index (χ1n) is 10.7. The van der Waals surface area contributed by atoms with Gasteiger partial charge in [-0.15, -0.1) is 0 Å². The zero-order valence-corrected chi connectivity index (χ0v) is 20.3. The molecular weight excluding hydrogens is 471 g/mol. The van der Waals surface area contributed by atoms with Gasteiger partial charge in [0.15, 0.2) is 0 Å². The van der Waals surface area contributed by atoms with Crippen LogP contribution in [0.5, 0.6) is 0 Å². The van der Waals surface area contributed by atoms with Crippen LogP contribution in [0.4, 0.5) is 26.3 Å². The van der Waals surface area contributed by atoms with Gasteiger partial charge >= 0.3 is 12.4 Å². The van der Waals surface area contributed by atoms with E-state index in [0.29, 0.717) is 11.1 Å². The van der Waals surface area contributed by atoms with E-state index in [1.165, 1.54) is 16.8 Å². The average Bonchev–Trinajstić information content (AvgIpc) is 2.70. The Hall–Kier alpha value is -2.37. The molecule has 4 rings (SSSR count). The van der Waals surface area contributed by atoms with E-state index >= 15 is 0 Å². The summed E-state index contributed by atoms with van der Waals surface area (Å²) in [5.41, 5.74) is 2.49. The summed E-state index contributed by atoms with van der Waals surface area (Å²) in [6.07, 6.45) is -9.40. The monoisotopic (exact) mass is 495 g/mol. The zero-order valence-electron chi connectivity index (χ0n) is 19.4. The first-order valence-corrected chi connectivity index (χ1v) is 12.0. The van der Waals surface area contributed by atoms with E-state index in [4.69, 9.17) is 0 Å². The van der Waals surface area contributed by atoms with Gasteiger partial charge in [0.25, 0.3) is 0 Å². The molecule has 0 radical (unpaired) electrons. The van der Waals surface area contributed by atoms with Crippen LogP contribution in [-0.2, 0) is 12.4 Å². The van der Waals surface area contributed by atoms with Gasteiger partial charge in [0.05, 0.1) is 11.1 Å². The lowest BCUT2D eigenvalue weighted by atomic mass is 9.79. The number of hydrogen-bond donors (Lipinski definition) is 0. The summed E-state index contributed by atoms with van der Waals surface area (Å²) in [5.74, 6) is -0.742. The van der Waals surface area contributed by atoms with Crippen molar-refractivity contribution >= 4 is 18.7 Å². The van der Waals surface area contributed by atoms with Crippen molar-refractivity contribution in [2.45, 2.75) is 39.0 Å². The largest absolute Gasteiger partial charge is 0.417 e. The molecule has 1 heterocycles. The summed E-state index contributed by atoms with van der Waals surface area (Å²) in [6.45, 7) is 5.64. The second-order valence-corrected chi connectivity index (χ2v) is 11.2. The third kappa shape index (κ3) is 4.03. The van der Waals surface area contributed by atoms with Gasteiger partial charge in [0, 0.05) is 24.6 Å². The van der Waals surface area contributed by atoms with Crippen LogP contribution in [0.15, 0.2) is 48.5 Å². The third-order valence-corrected chi connectivity index (χ3v) is 8.86. The Labute approximate surface area is 196 Å².